The average molecular weight is 300 g/mol. The van der Waals surface area contributed by atoms with Crippen LogP contribution in [0.4, 0.5) is 5.69 Å². The molecule has 0 bridgehead atoms. The Bertz CT molecular complexity index is 708. The Kier molecular flexibility index (Phi) is 3.94. The van der Waals surface area contributed by atoms with Crippen LogP contribution in [-0.2, 0) is 6.42 Å². The van der Waals surface area contributed by atoms with E-state index >= 15 is 0 Å². The first-order valence-electron chi connectivity index (χ1n) is 7.65. The lowest BCUT2D eigenvalue weighted by atomic mass is 9.83. The third-order valence-electron chi connectivity index (χ3n) is 4.40. The molecule has 6 heteroatoms. The minimum absolute atomic E-state index is 0.0914. The van der Waals surface area contributed by atoms with Gasteiger partial charge < -0.3 is 5.73 Å². The summed E-state index contributed by atoms with van der Waals surface area (Å²) in [6, 6.07) is 6.78. The number of nitro groups is 1. The number of nitrogens with two attached hydrogens (primary N) is 1. The fraction of sp³-hybridized carbons (Fsp3) is 0.438. The van der Waals surface area contributed by atoms with Crippen LogP contribution in [-0.4, -0.2) is 21.2 Å². The molecule has 0 amide bonds. The fourth-order valence-corrected chi connectivity index (χ4v) is 3.51. The van der Waals surface area contributed by atoms with Crippen LogP contribution in [0.25, 0.3) is 5.69 Å². The molecular weight excluding hydrogens is 280 g/mol. The van der Waals surface area contributed by atoms with Gasteiger partial charge in [-0.05, 0) is 56.7 Å². The highest BCUT2D eigenvalue weighted by atomic mass is 16.6. The number of hydrogen-bond donors (Lipinski definition) is 1. The van der Waals surface area contributed by atoms with Gasteiger partial charge in [0.25, 0.3) is 5.69 Å². The number of fused-ring (bicyclic) bond motifs is 1. The molecule has 1 aromatic heterocycles. The highest BCUT2D eigenvalue weighted by Gasteiger charge is 2.28. The zero-order valence-electron chi connectivity index (χ0n) is 12.7. The maximum atomic E-state index is 11.3. The minimum atomic E-state index is -0.348. The molecule has 0 radical (unpaired) electrons. The van der Waals surface area contributed by atoms with Gasteiger partial charge >= 0.3 is 0 Å². The number of nitro benzene ring substituents is 1. The maximum absolute atomic E-state index is 11.3. The van der Waals surface area contributed by atoms with Crippen LogP contribution in [0.1, 0.15) is 42.1 Å². The molecule has 1 aliphatic carbocycles. The summed E-state index contributed by atoms with van der Waals surface area (Å²) >= 11 is 0. The molecule has 1 heterocycles. The van der Waals surface area contributed by atoms with Gasteiger partial charge in [0.1, 0.15) is 5.69 Å². The number of aryl methyl sites for hydroxylation is 1. The van der Waals surface area contributed by atoms with Crippen molar-refractivity contribution < 1.29 is 4.92 Å². The smallest absolute Gasteiger partial charge is 0.294 e. The second kappa shape index (κ2) is 5.88. The van der Waals surface area contributed by atoms with Gasteiger partial charge in [-0.25, -0.2) is 4.68 Å². The average Bonchev–Trinajstić information content (AvgIpc) is 2.86. The van der Waals surface area contributed by atoms with E-state index in [1.807, 2.05) is 13.0 Å². The number of para-hydroxylation sites is 2. The molecule has 22 heavy (non-hydrogen) atoms. The van der Waals surface area contributed by atoms with E-state index in [4.69, 9.17) is 5.73 Å². The van der Waals surface area contributed by atoms with Crippen LogP contribution in [0, 0.1) is 17.0 Å². The summed E-state index contributed by atoms with van der Waals surface area (Å²) in [5.74, 6) is 0.422. The fourth-order valence-electron chi connectivity index (χ4n) is 3.51. The Morgan fingerprint density at radius 3 is 2.95 bits per heavy atom. The van der Waals surface area contributed by atoms with Crippen LogP contribution in [0.3, 0.4) is 0 Å². The van der Waals surface area contributed by atoms with Crippen molar-refractivity contribution in [3.63, 3.8) is 0 Å². The Balaban J connectivity index is 2.15. The monoisotopic (exact) mass is 300 g/mol. The van der Waals surface area contributed by atoms with E-state index in [0.29, 0.717) is 18.2 Å². The Labute approximate surface area is 129 Å². The standard InChI is InChI=1S/C16H20N4O2/c1-11-16-12(9-10-17)5-4-8-15(16)19(18-11)13-6-2-3-7-14(13)20(21)22/h2-3,6-7,12H,4-5,8-10,17H2,1H3. The SMILES string of the molecule is Cc1nn(-c2ccccc2[N+](=O)[O-])c2c1C(CCN)CCC2. The summed E-state index contributed by atoms with van der Waals surface area (Å²) in [7, 11) is 0. The second-order valence-corrected chi connectivity index (χ2v) is 5.77. The van der Waals surface area contributed by atoms with Crippen molar-refractivity contribution in [2.45, 2.75) is 38.5 Å². The second-order valence-electron chi connectivity index (χ2n) is 5.77. The molecule has 1 unspecified atom stereocenters. The van der Waals surface area contributed by atoms with Crippen molar-refractivity contribution in [3.05, 3.63) is 51.3 Å². The molecule has 2 aromatic rings. The number of hydrogen-bond acceptors (Lipinski definition) is 4. The zero-order valence-corrected chi connectivity index (χ0v) is 12.7. The van der Waals surface area contributed by atoms with Gasteiger partial charge in [0, 0.05) is 11.8 Å². The highest BCUT2D eigenvalue weighted by molar-refractivity contribution is 5.53. The summed E-state index contributed by atoms with van der Waals surface area (Å²) in [5, 5.41) is 15.9. The summed E-state index contributed by atoms with van der Waals surface area (Å²) in [6.07, 6.45) is 4.04. The van der Waals surface area contributed by atoms with Crippen LogP contribution in [0.2, 0.25) is 0 Å². The van der Waals surface area contributed by atoms with E-state index in [1.165, 1.54) is 11.6 Å². The summed E-state index contributed by atoms with van der Waals surface area (Å²) < 4.78 is 1.77. The molecule has 0 spiro atoms. The van der Waals surface area contributed by atoms with E-state index in [9.17, 15) is 10.1 Å². The van der Waals surface area contributed by atoms with Crippen molar-refractivity contribution in [3.8, 4) is 5.69 Å². The lowest BCUT2D eigenvalue weighted by molar-refractivity contribution is -0.384. The zero-order chi connectivity index (χ0) is 15.7. The van der Waals surface area contributed by atoms with E-state index in [-0.39, 0.29) is 10.6 Å². The predicted octanol–water partition coefficient (Wildman–Crippen LogP) is 2.86. The van der Waals surface area contributed by atoms with Gasteiger partial charge in [-0.15, -0.1) is 0 Å². The minimum Gasteiger partial charge on any atom is -0.330 e. The lowest BCUT2D eigenvalue weighted by Gasteiger charge is -2.23. The summed E-state index contributed by atoms with van der Waals surface area (Å²) in [5.41, 5.74) is 9.69. The number of rotatable bonds is 4. The van der Waals surface area contributed by atoms with E-state index in [2.05, 4.69) is 5.10 Å². The molecule has 1 aromatic carbocycles. The van der Waals surface area contributed by atoms with Gasteiger partial charge in [-0.2, -0.15) is 5.10 Å². The maximum Gasteiger partial charge on any atom is 0.294 e. The Morgan fingerprint density at radius 2 is 2.23 bits per heavy atom. The largest absolute Gasteiger partial charge is 0.330 e. The van der Waals surface area contributed by atoms with E-state index < -0.39 is 0 Å². The molecule has 3 rings (SSSR count). The predicted molar refractivity (Wildman–Crippen MR) is 84.3 cm³/mol. The molecule has 0 aliphatic heterocycles. The molecule has 0 saturated heterocycles. The molecule has 6 nitrogen and oxygen atoms in total. The molecule has 1 atom stereocenters. The first-order chi connectivity index (χ1) is 10.6. The number of benzene rings is 1. The Hall–Kier alpha value is -2.21. The number of nitrogens with zero attached hydrogens (tertiary/aromatic N) is 3. The molecular formula is C16H20N4O2. The summed E-state index contributed by atoms with van der Waals surface area (Å²) in [4.78, 5) is 10.9. The Morgan fingerprint density at radius 1 is 1.45 bits per heavy atom. The van der Waals surface area contributed by atoms with Crippen LogP contribution in [0.15, 0.2) is 24.3 Å². The highest BCUT2D eigenvalue weighted by Crippen LogP contribution is 2.37. The summed E-state index contributed by atoms with van der Waals surface area (Å²) in [6.45, 7) is 2.64. The number of aromatic nitrogens is 2. The molecule has 1 aliphatic rings. The van der Waals surface area contributed by atoms with Crippen molar-refractivity contribution >= 4 is 5.69 Å². The topological polar surface area (TPSA) is 87.0 Å². The van der Waals surface area contributed by atoms with Crippen molar-refractivity contribution in [2.75, 3.05) is 6.54 Å². The normalized spacial score (nSPS) is 17.3. The lowest BCUT2D eigenvalue weighted by Crippen LogP contribution is -2.15. The van der Waals surface area contributed by atoms with Gasteiger partial charge in [0.05, 0.1) is 10.6 Å². The molecule has 2 N–H and O–H groups in total. The molecule has 0 saturated carbocycles. The van der Waals surface area contributed by atoms with Crippen LogP contribution < -0.4 is 5.73 Å². The quantitative estimate of drug-likeness (QED) is 0.694. The molecule has 0 fully saturated rings. The van der Waals surface area contributed by atoms with Crippen LogP contribution in [0.5, 0.6) is 0 Å². The third-order valence-corrected chi connectivity index (χ3v) is 4.40. The van der Waals surface area contributed by atoms with Gasteiger partial charge in [-0.1, -0.05) is 12.1 Å². The van der Waals surface area contributed by atoms with Crippen molar-refractivity contribution in [1.82, 2.24) is 9.78 Å². The third kappa shape index (κ3) is 2.39. The van der Waals surface area contributed by atoms with E-state index in [0.717, 1.165) is 37.1 Å². The first-order valence-corrected chi connectivity index (χ1v) is 7.65. The van der Waals surface area contributed by atoms with E-state index in [1.54, 1.807) is 16.8 Å². The first kappa shape index (κ1) is 14.7. The van der Waals surface area contributed by atoms with Crippen molar-refractivity contribution in [1.29, 1.82) is 0 Å². The van der Waals surface area contributed by atoms with Crippen LogP contribution >= 0.6 is 0 Å². The van der Waals surface area contributed by atoms with Gasteiger partial charge in [0.2, 0.25) is 0 Å². The van der Waals surface area contributed by atoms with Crippen molar-refractivity contribution in [2.24, 2.45) is 5.73 Å². The van der Waals surface area contributed by atoms with Gasteiger partial charge in [-0.3, -0.25) is 10.1 Å². The molecule has 116 valence electrons. The van der Waals surface area contributed by atoms with Gasteiger partial charge in [0.15, 0.2) is 0 Å².